The third kappa shape index (κ3) is 4.81. The summed E-state index contributed by atoms with van der Waals surface area (Å²) < 4.78 is 5.12. The van der Waals surface area contributed by atoms with Crippen molar-refractivity contribution in [1.29, 1.82) is 0 Å². The fourth-order valence-electron chi connectivity index (χ4n) is 4.41. The normalized spacial score (nSPS) is 17.3. The molecule has 0 spiro atoms. The van der Waals surface area contributed by atoms with Gasteiger partial charge in [0.15, 0.2) is 0 Å². The van der Waals surface area contributed by atoms with Gasteiger partial charge in [-0.2, -0.15) is 0 Å². The van der Waals surface area contributed by atoms with E-state index in [0.717, 1.165) is 41.4 Å². The van der Waals surface area contributed by atoms with Crippen molar-refractivity contribution in [2.45, 2.75) is 33.6 Å². The van der Waals surface area contributed by atoms with E-state index >= 15 is 0 Å². The first kappa shape index (κ1) is 23.1. The lowest BCUT2D eigenvalue weighted by Gasteiger charge is -2.32. The number of ether oxygens (including phenoxy) is 1. The quantitative estimate of drug-likeness (QED) is 0.639. The average molecular weight is 448 g/mol. The van der Waals surface area contributed by atoms with Crippen LogP contribution >= 0.6 is 0 Å². The van der Waals surface area contributed by atoms with E-state index in [9.17, 15) is 9.59 Å². The first-order valence-corrected chi connectivity index (χ1v) is 11.7. The van der Waals surface area contributed by atoms with Crippen molar-refractivity contribution in [2.75, 3.05) is 43.6 Å². The summed E-state index contributed by atoms with van der Waals surface area (Å²) in [5.74, 6) is 0.172. The number of nitrogens with one attached hydrogen (secondary N) is 1. The van der Waals surface area contributed by atoms with E-state index in [4.69, 9.17) is 4.74 Å². The van der Waals surface area contributed by atoms with Gasteiger partial charge in [-0.05, 0) is 73.6 Å². The Hall–Kier alpha value is -3.12. The minimum Gasteiger partial charge on any atom is -0.383 e. The van der Waals surface area contributed by atoms with Gasteiger partial charge >= 0.3 is 0 Å². The van der Waals surface area contributed by atoms with E-state index in [2.05, 4.69) is 29.3 Å². The summed E-state index contributed by atoms with van der Waals surface area (Å²) in [6.07, 6.45) is 2.42. The van der Waals surface area contributed by atoms with Crippen LogP contribution in [0.3, 0.4) is 0 Å². The van der Waals surface area contributed by atoms with Crippen LogP contribution in [0.1, 0.15) is 36.5 Å². The molecule has 174 valence electrons. The second-order valence-corrected chi connectivity index (χ2v) is 9.15. The second-order valence-electron chi connectivity index (χ2n) is 9.15. The van der Waals surface area contributed by atoms with Crippen LogP contribution in [0.4, 0.5) is 11.4 Å². The number of carbonyl (C=O) groups excluding carboxylic acids is 2. The van der Waals surface area contributed by atoms with Gasteiger partial charge in [0.1, 0.15) is 5.70 Å². The Labute approximate surface area is 196 Å². The Morgan fingerprint density at radius 3 is 2.30 bits per heavy atom. The number of anilines is 2. The van der Waals surface area contributed by atoms with Gasteiger partial charge in [-0.1, -0.05) is 25.1 Å². The highest BCUT2D eigenvalue weighted by Crippen LogP contribution is 2.32. The number of benzene rings is 2. The first-order chi connectivity index (χ1) is 15.9. The number of hydrogen-bond acceptors (Lipinski definition) is 5. The SMILES string of the molecule is COCCN1C(=O)C(Nc2ccc(N3CCC(C)CC3)cc2)=C(c2ccc(C)c(C)c2)C1=O. The number of hydrogen-bond donors (Lipinski definition) is 1. The molecule has 0 saturated carbocycles. The molecule has 2 aliphatic heterocycles. The number of nitrogens with zero attached hydrogens (tertiary/aromatic N) is 2. The molecule has 0 aliphatic carbocycles. The summed E-state index contributed by atoms with van der Waals surface area (Å²) >= 11 is 0. The van der Waals surface area contributed by atoms with Crippen LogP contribution in [0, 0.1) is 19.8 Å². The summed E-state index contributed by atoms with van der Waals surface area (Å²) in [6.45, 7) is 9.00. The molecule has 33 heavy (non-hydrogen) atoms. The van der Waals surface area contributed by atoms with Crippen molar-refractivity contribution < 1.29 is 14.3 Å². The van der Waals surface area contributed by atoms with Gasteiger partial charge in [0, 0.05) is 31.6 Å². The molecule has 1 fully saturated rings. The van der Waals surface area contributed by atoms with Gasteiger partial charge in [0.2, 0.25) is 0 Å². The maximum Gasteiger partial charge on any atom is 0.278 e. The number of amides is 2. The van der Waals surface area contributed by atoms with Crippen LogP contribution in [-0.4, -0.2) is 50.1 Å². The molecule has 1 saturated heterocycles. The minimum atomic E-state index is -0.320. The van der Waals surface area contributed by atoms with Gasteiger partial charge in [0.05, 0.1) is 18.7 Å². The lowest BCUT2D eigenvalue weighted by atomic mass is 9.99. The lowest BCUT2D eigenvalue weighted by Crippen LogP contribution is -2.35. The van der Waals surface area contributed by atoms with Crippen LogP contribution in [-0.2, 0) is 14.3 Å². The molecule has 4 rings (SSSR count). The molecule has 0 unspecified atom stereocenters. The van der Waals surface area contributed by atoms with Crippen LogP contribution in [0.25, 0.3) is 5.57 Å². The fraction of sp³-hybridized carbons (Fsp3) is 0.407. The Bertz CT molecular complexity index is 1070. The second kappa shape index (κ2) is 9.79. The van der Waals surface area contributed by atoms with Crippen LogP contribution in [0.15, 0.2) is 48.2 Å². The summed E-state index contributed by atoms with van der Waals surface area (Å²) in [4.78, 5) is 30.1. The number of carbonyl (C=O) groups is 2. The van der Waals surface area contributed by atoms with Gasteiger partial charge in [-0.25, -0.2) is 0 Å². The maximum atomic E-state index is 13.3. The predicted octanol–water partition coefficient (Wildman–Crippen LogP) is 4.38. The monoisotopic (exact) mass is 447 g/mol. The van der Waals surface area contributed by atoms with Crippen molar-refractivity contribution >= 4 is 28.8 Å². The minimum absolute atomic E-state index is 0.222. The zero-order valence-electron chi connectivity index (χ0n) is 20.0. The fourth-order valence-corrected chi connectivity index (χ4v) is 4.41. The Balaban J connectivity index is 1.63. The molecule has 6 heteroatoms. The number of imide groups is 1. The largest absolute Gasteiger partial charge is 0.383 e. The number of methoxy groups -OCH3 is 1. The van der Waals surface area contributed by atoms with Crippen molar-refractivity contribution in [2.24, 2.45) is 5.92 Å². The van der Waals surface area contributed by atoms with Crippen molar-refractivity contribution in [3.63, 3.8) is 0 Å². The molecule has 0 bridgehead atoms. The Morgan fingerprint density at radius 2 is 1.67 bits per heavy atom. The van der Waals surface area contributed by atoms with Crippen LogP contribution < -0.4 is 10.2 Å². The Morgan fingerprint density at radius 1 is 0.970 bits per heavy atom. The highest BCUT2D eigenvalue weighted by Gasteiger charge is 2.39. The Kier molecular flexibility index (Phi) is 6.84. The highest BCUT2D eigenvalue weighted by molar-refractivity contribution is 6.36. The van der Waals surface area contributed by atoms with E-state index in [-0.39, 0.29) is 18.4 Å². The van der Waals surface area contributed by atoms with Crippen LogP contribution in [0.2, 0.25) is 0 Å². The third-order valence-electron chi connectivity index (χ3n) is 6.77. The van der Waals surface area contributed by atoms with E-state index in [1.54, 1.807) is 7.11 Å². The topological polar surface area (TPSA) is 61.9 Å². The molecule has 0 radical (unpaired) electrons. The summed E-state index contributed by atoms with van der Waals surface area (Å²) in [6, 6.07) is 14.0. The van der Waals surface area contributed by atoms with E-state index in [0.29, 0.717) is 17.9 Å². The summed E-state index contributed by atoms with van der Waals surface area (Å²) in [5, 5.41) is 3.26. The van der Waals surface area contributed by atoms with E-state index in [1.165, 1.54) is 23.4 Å². The van der Waals surface area contributed by atoms with Gasteiger partial charge < -0.3 is 15.0 Å². The van der Waals surface area contributed by atoms with Gasteiger partial charge in [0.25, 0.3) is 11.8 Å². The molecule has 2 amide bonds. The molecule has 0 atom stereocenters. The molecular weight excluding hydrogens is 414 g/mol. The van der Waals surface area contributed by atoms with Crippen LogP contribution in [0.5, 0.6) is 0 Å². The summed E-state index contributed by atoms with van der Waals surface area (Å²) in [5.41, 5.74) is 5.67. The van der Waals surface area contributed by atoms with E-state index in [1.807, 2.05) is 44.2 Å². The molecule has 2 aromatic carbocycles. The van der Waals surface area contributed by atoms with Crippen molar-refractivity contribution in [3.8, 4) is 0 Å². The smallest absolute Gasteiger partial charge is 0.278 e. The molecule has 2 aliphatic rings. The highest BCUT2D eigenvalue weighted by atomic mass is 16.5. The predicted molar refractivity (Wildman–Crippen MR) is 132 cm³/mol. The zero-order valence-corrected chi connectivity index (χ0v) is 20.0. The van der Waals surface area contributed by atoms with Crippen molar-refractivity contribution in [3.05, 3.63) is 64.9 Å². The third-order valence-corrected chi connectivity index (χ3v) is 6.77. The number of aryl methyl sites for hydroxylation is 2. The standard InChI is InChI=1S/C27H33N3O3/c1-18-11-13-29(14-12-18)23-9-7-22(8-10-23)28-25-24(21-6-5-19(2)20(3)17-21)26(31)30(27(25)32)15-16-33-4/h5-10,17-18,28H,11-16H2,1-4H3. The lowest BCUT2D eigenvalue weighted by molar-refractivity contribution is -0.137. The van der Waals surface area contributed by atoms with E-state index < -0.39 is 0 Å². The first-order valence-electron chi connectivity index (χ1n) is 11.7. The van der Waals surface area contributed by atoms with Gasteiger partial charge in [-0.15, -0.1) is 0 Å². The zero-order chi connectivity index (χ0) is 23.5. The molecule has 0 aromatic heterocycles. The number of piperidine rings is 1. The maximum absolute atomic E-state index is 13.3. The van der Waals surface area contributed by atoms with Crippen molar-refractivity contribution in [1.82, 2.24) is 4.90 Å². The number of rotatable bonds is 7. The summed E-state index contributed by atoms with van der Waals surface area (Å²) in [7, 11) is 1.56. The average Bonchev–Trinajstić information content (AvgIpc) is 3.04. The molecule has 6 nitrogen and oxygen atoms in total. The molecule has 2 aromatic rings. The van der Waals surface area contributed by atoms with Gasteiger partial charge in [-0.3, -0.25) is 14.5 Å². The molecular formula is C27H33N3O3. The molecule has 2 heterocycles. The molecule has 1 N–H and O–H groups in total.